The summed E-state index contributed by atoms with van der Waals surface area (Å²) in [4.78, 5) is 11.9. The van der Waals surface area contributed by atoms with Crippen LogP contribution in [-0.2, 0) is 0 Å². The molecule has 22 heavy (non-hydrogen) atoms. The lowest BCUT2D eigenvalue weighted by atomic mass is 10.1. The van der Waals surface area contributed by atoms with E-state index in [0.29, 0.717) is 11.3 Å². The number of amides is 1. The van der Waals surface area contributed by atoms with Gasteiger partial charge in [-0.3, -0.25) is 4.79 Å². The smallest absolute Gasteiger partial charge is 0.275 e. The molecule has 114 valence electrons. The molecule has 2 aromatic carbocycles. The van der Waals surface area contributed by atoms with Gasteiger partial charge < -0.3 is 14.9 Å². The average Bonchev–Trinajstić information content (AvgIpc) is 2.51. The third-order valence-corrected chi connectivity index (χ3v) is 3.00. The summed E-state index contributed by atoms with van der Waals surface area (Å²) in [5.74, 6) is -0.0959. The Morgan fingerprint density at radius 3 is 2.64 bits per heavy atom. The first-order chi connectivity index (χ1) is 10.5. The van der Waals surface area contributed by atoms with E-state index in [1.807, 2.05) is 6.92 Å². The number of hydrazone groups is 1. The van der Waals surface area contributed by atoms with Gasteiger partial charge in [0.2, 0.25) is 0 Å². The first-order valence-corrected chi connectivity index (χ1v) is 6.51. The van der Waals surface area contributed by atoms with Crippen LogP contribution in [0.3, 0.4) is 0 Å². The Bertz CT molecular complexity index is 726. The second-order valence-electron chi connectivity index (χ2n) is 4.64. The third-order valence-electron chi connectivity index (χ3n) is 3.00. The minimum Gasteiger partial charge on any atom is -0.507 e. The molecule has 2 rings (SSSR count). The van der Waals surface area contributed by atoms with E-state index in [0.717, 1.165) is 5.56 Å². The van der Waals surface area contributed by atoms with E-state index in [1.54, 1.807) is 24.3 Å². The second kappa shape index (κ2) is 6.62. The first-order valence-electron chi connectivity index (χ1n) is 6.51. The highest BCUT2D eigenvalue weighted by Gasteiger charge is 2.10. The van der Waals surface area contributed by atoms with Gasteiger partial charge in [0, 0.05) is 5.56 Å². The molecular weight excluding hydrogens is 284 g/mol. The van der Waals surface area contributed by atoms with Crippen molar-refractivity contribution in [3.63, 3.8) is 0 Å². The minimum atomic E-state index is -0.542. The van der Waals surface area contributed by atoms with Gasteiger partial charge in [-0.25, -0.2) is 5.43 Å². The Hall–Kier alpha value is -3.02. The predicted octanol–water partition coefficient (Wildman–Crippen LogP) is 2.18. The molecule has 0 saturated heterocycles. The van der Waals surface area contributed by atoms with Gasteiger partial charge in [0.15, 0.2) is 0 Å². The molecule has 6 heteroatoms. The number of hydrogen-bond donors (Lipinski definition) is 3. The van der Waals surface area contributed by atoms with Gasteiger partial charge in [-0.2, -0.15) is 5.10 Å². The summed E-state index contributed by atoms with van der Waals surface area (Å²) in [6.07, 6.45) is 1.29. The Morgan fingerprint density at radius 1 is 1.18 bits per heavy atom. The summed E-state index contributed by atoms with van der Waals surface area (Å²) in [5, 5.41) is 23.1. The number of methoxy groups -OCH3 is 1. The third kappa shape index (κ3) is 3.54. The van der Waals surface area contributed by atoms with E-state index >= 15 is 0 Å². The monoisotopic (exact) mass is 300 g/mol. The van der Waals surface area contributed by atoms with Gasteiger partial charge in [-0.1, -0.05) is 11.6 Å². The maximum atomic E-state index is 11.9. The molecule has 1 amide bonds. The highest BCUT2D eigenvalue weighted by atomic mass is 16.5. The summed E-state index contributed by atoms with van der Waals surface area (Å²) >= 11 is 0. The molecule has 0 spiro atoms. The molecule has 0 aromatic heterocycles. The zero-order chi connectivity index (χ0) is 16.1. The van der Waals surface area contributed by atoms with Crippen LogP contribution in [0.1, 0.15) is 21.5 Å². The molecule has 0 aliphatic heterocycles. The van der Waals surface area contributed by atoms with E-state index in [4.69, 9.17) is 4.74 Å². The summed E-state index contributed by atoms with van der Waals surface area (Å²) in [6.45, 7) is 1.81. The normalized spacial score (nSPS) is 10.6. The molecule has 0 unspecified atom stereocenters. The Morgan fingerprint density at radius 2 is 1.91 bits per heavy atom. The second-order valence-corrected chi connectivity index (χ2v) is 4.64. The molecule has 0 bridgehead atoms. The highest BCUT2D eigenvalue weighted by Crippen LogP contribution is 2.21. The maximum Gasteiger partial charge on any atom is 0.275 e. The summed E-state index contributed by atoms with van der Waals surface area (Å²) in [7, 11) is 1.51. The van der Waals surface area contributed by atoms with Crippen molar-refractivity contribution in [2.45, 2.75) is 6.92 Å². The average molecular weight is 300 g/mol. The van der Waals surface area contributed by atoms with Crippen LogP contribution < -0.4 is 10.2 Å². The van der Waals surface area contributed by atoms with Crippen LogP contribution in [0.2, 0.25) is 0 Å². The first kappa shape index (κ1) is 15.4. The number of hydrogen-bond acceptors (Lipinski definition) is 5. The standard InChI is InChI=1S/C16H16N2O4/c1-10-3-5-15(20)13(7-10)16(21)18-17-9-11-8-12(22-2)4-6-14(11)19/h3-9,19-20H,1-2H3,(H,18,21)/b17-9+. The molecule has 2 aromatic rings. The zero-order valence-electron chi connectivity index (χ0n) is 12.2. The number of nitrogens with one attached hydrogen (secondary N) is 1. The Kier molecular flexibility index (Phi) is 4.63. The van der Waals surface area contributed by atoms with Crippen molar-refractivity contribution in [3.8, 4) is 17.2 Å². The SMILES string of the molecule is COc1ccc(O)c(/C=N/NC(=O)c2cc(C)ccc2O)c1. The minimum absolute atomic E-state index is 0.0113. The maximum absolute atomic E-state index is 11.9. The van der Waals surface area contributed by atoms with E-state index in [2.05, 4.69) is 10.5 Å². The van der Waals surface area contributed by atoms with Gasteiger partial charge in [0.25, 0.3) is 5.91 Å². The number of rotatable bonds is 4. The molecule has 3 N–H and O–H groups in total. The van der Waals surface area contributed by atoms with Crippen LogP contribution in [0.4, 0.5) is 0 Å². The molecule has 0 heterocycles. The number of benzene rings is 2. The van der Waals surface area contributed by atoms with E-state index in [1.165, 1.54) is 25.5 Å². The van der Waals surface area contributed by atoms with Crippen molar-refractivity contribution in [1.82, 2.24) is 5.43 Å². The molecular formula is C16H16N2O4. The number of carbonyl (C=O) groups is 1. The fourth-order valence-corrected chi connectivity index (χ4v) is 1.82. The molecule has 0 aliphatic carbocycles. The lowest BCUT2D eigenvalue weighted by Crippen LogP contribution is -2.17. The van der Waals surface area contributed by atoms with E-state index in [-0.39, 0.29) is 17.1 Å². The van der Waals surface area contributed by atoms with Crippen LogP contribution >= 0.6 is 0 Å². The lowest BCUT2D eigenvalue weighted by molar-refractivity contribution is 0.0952. The van der Waals surface area contributed by atoms with Crippen LogP contribution in [0.25, 0.3) is 0 Å². The van der Waals surface area contributed by atoms with Gasteiger partial charge in [-0.05, 0) is 37.3 Å². The fraction of sp³-hybridized carbons (Fsp3) is 0.125. The molecule has 0 fully saturated rings. The van der Waals surface area contributed by atoms with Crippen molar-refractivity contribution in [2.24, 2.45) is 5.10 Å². The Balaban J connectivity index is 2.12. The van der Waals surface area contributed by atoms with Crippen molar-refractivity contribution >= 4 is 12.1 Å². The molecule has 0 aliphatic rings. The van der Waals surface area contributed by atoms with Crippen molar-refractivity contribution in [1.29, 1.82) is 0 Å². The number of aryl methyl sites for hydroxylation is 1. The van der Waals surface area contributed by atoms with Gasteiger partial charge >= 0.3 is 0 Å². The largest absolute Gasteiger partial charge is 0.507 e. The summed E-state index contributed by atoms with van der Waals surface area (Å²) < 4.78 is 5.04. The van der Waals surface area contributed by atoms with Crippen molar-refractivity contribution in [2.75, 3.05) is 7.11 Å². The number of phenols is 2. The lowest BCUT2D eigenvalue weighted by Gasteiger charge is -2.05. The van der Waals surface area contributed by atoms with E-state index in [9.17, 15) is 15.0 Å². The van der Waals surface area contributed by atoms with Crippen LogP contribution in [0, 0.1) is 6.92 Å². The molecule has 0 saturated carbocycles. The van der Waals surface area contributed by atoms with Crippen molar-refractivity contribution in [3.05, 3.63) is 53.1 Å². The highest BCUT2D eigenvalue weighted by molar-refractivity contribution is 5.97. The topological polar surface area (TPSA) is 91.2 Å². The summed E-state index contributed by atoms with van der Waals surface area (Å²) in [5.41, 5.74) is 3.67. The number of carbonyl (C=O) groups excluding carboxylic acids is 1. The number of nitrogens with zero attached hydrogens (tertiary/aromatic N) is 1. The fourth-order valence-electron chi connectivity index (χ4n) is 1.82. The summed E-state index contributed by atoms with van der Waals surface area (Å²) in [6, 6.07) is 9.36. The van der Waals surface area contributed by atoms with Crippen LogP contribution in [0.5, 0.6) is 17.2 Å². The molecule has 6 nitrogen and oxygen atoms in total. The van der Waals surface area contributed by atoms with Gasteiger partial charge in [0.1, 0.15) is 17.2 Å². The molecule has 0 atom stereocenters. The molecule has 0 radical (unpaired) electrons. The van der Waals surface area contributed by atoms with Gasteiger partial charge in [-0.15, -0.1) is 0 Å². The van der Waals surface area contributed by atoms with E-state index < -0.39 is 5.91 Å². The van der Waals surface area contributed by atoms with Gasteiger partial charge in [0.05, 0.1) is 18.9 Å². The quantitative estimate of drug-likeness (QED) is 0.596. The Labute approximate surface area is 127 Å². The van der Waals surface area contributed by atoms with Crippen LogP contribution in [-0.4, -0.2) is 29.4 Å². The predicted molar refractivity (Wildman–Crippen MR) is 82.6 cm³/mol. The number of aromatic hydroxyl groups is 2. The number of phenolic OH excluding ortho intramolecular Hbond substituents is 2. The van der Waals surface area contributed by atoms with Crippen molar-refractivity contribution < 1.29 is 19.7 Å². The zero-order valence-corrected chi connectivity index (χ0v) is 12.2. The number of ether oxygens (including phenoxy) is 1. The van der Waals surface area contributed by atoms with Crippen LogP contribution in [0.15, 0.2) is 41.5 Å².